The number of rotatable bonds is 11. The average molecular weight is 563 g/mol. The van der Waals surface area contributed by atoms with Crippen LogP contribution in [0.4, 0.5) is 9.59 Å². The van der Waals surface area contributed by atoms with Gasteiger partial charge in [0.15, 0.2) is 0 Å². The van der Waals surface area contributed by atoms with Gasteiger partial charge in [-0.15, -0.1) is 6.42 Å². The molecule has 2 aliphatic rings. The number of hydrogen-bond acceptors (Lipinski definition) is 7. The van der Waals surface area contributed by atoms with Crippen LogP contribution in [0.25, 0.3) is 0 Å². The summed E-state index contributed by atoms with van der Waals surface area (Å²) in [5.74, 6) is 2.51. The van der Waals surface area contributed by atoms with Crippen LogP contribution in [-0.2, 0) is 27.4 Å². The summed E-state index contributed by atoms with van der Waals surface area (Å²) >= 11 is 0. The van der Waals surface area contributed by atoms with Crippen molar-refractivity contribution in [3.8, 4) is 12.3 Å². The lowest BCUT2D eigenvalue weighted by atomic mass is 10.0. The predicted octanol–water partition coefficient (Wildman–Crippen LogP) is 1.91. The van der Waals surface area contributed by atoms with E-state index in [9.17, 15) is 19.2 Å². The molecule has 5 amide bonds. The maximum Gasteiger partial charge on any atom is 0.407 e. The summed E-state index contributed by atoms with van der Waals surface area (Å²) in [4.78, 5) is 55.7. The summed E-state index contributed by atoms with van der Waals surface area (Å²) in [5.41, 5.74) is 0.907. The first-order chi connectivity index (χ1) is 19.9. The van der Waals surface area contributed by atoms with E-state index in [1.54, 1.807) is 17.0 Å². The second kappa shape index (κ2) is 14.0. The number of carbonyl (C=O) groups is 4. The van der Waals surface area contributed by atoms with Gasteiger partial charge in [0.25, 0.3) is 0 Å². The van der Waals surface area contributed by atoms with Crippen molar-refractivity contribution in [3.05, 3.63) is 72.7 Å². The van der Waals surface area contributed by atoms with E-state index >= 15 is 0 Å². The molecule has 3 heterocycles. The third kappa shape index (κ3) is 7.26. The summed E-state index contributed by atoms with van der Waals surface area (Å²) in [6.45, 7) is 4.18. The molecule has 216 valence electrons. The van der Waals surface area contributed by atoms with Gasteiger partial charge in [0.2, 0.25) is 11.8 Å². The second-order valence-corrected chi connectivity index (χ2v) is 9.57. The van der Waals surface area contributed by atoms with Gasteiger partial charge in [-0.1, -0.05) is 48.9 Å². The molecule has 0 aliphatic carbocycles. The summed E-state index contributed by atoms with van der Waals surface area (Å²) in [7, 11) is 0. The Morgan fingerprint density at radius 2 is 1.98 bits per heavy atom. The Hall–Kier alpha value is -4.76. The van der Waals surface area contributed by atoms with Gasteiger partial charge in [-0.2, -0.15) is 5.01 Å². The van der Waals surface area contributed by atoms with Crippen LogP contribution in [0.2, 0.25) is 0 Å². The highest BCUT2D eigenvalue weighted by Crippen LogP contribution is 2.29. The fourth-order valence-corrected chi connectivity index (χ4v) is 4.97. The number of hydrogen-bond donors (Lipinski definition) is 2. The molecule has 41 heavy (non-hydrogen) atoms. The fourth-order valence-electron chi connectivity index (χ4n) is 4.97. The molecule has 2 aromatic rings. The molecule has 2 aliphatic heterocycles. The van der Waals surface area contributed by atoms with Crippen LogP contribution in [0, 0.1) is 12.3 Å². The first-order valence-electron chi connectivity index (χ1n) is 13.4. The van der Waals surface area contributed by atoms with Gasteiger partial charge in [-0.25, -0.2) is 14.6 Å². The number of piperazine rings is 1. The number of nitrogens with one attached hydrogen (secondary N) is 2. The van der Waals surface area contributed by atoms with Gasteiger partial charge in [-0.05, 0) is 30.5 Å². The number of benzene rings is 1. The van der Waals surface area contributed by atoms with E-state index in [0.29, 0.717) is 12.2 Å². The van der Waals surface area contributed by atoms with Gasteiger partial charge in [0, 0.05) is 13.1 Å². The van der Waals surface area contributed by atoms with Gasteiger partial charge in [0.1, 0.15) is 24.6 Å². The van der Waals surface area contributed by atoms with Crippen LogP contribution in [0.1, 0.15) is 24.2 Å². The number of fused-ring (bicyclic) bond motifs is 1. The number of ether oxygens (including phenoxy) is 1. The van der Waals surface area contributed by atoms with E-state index in [4.69, 9.17) is 15.6 Å². The summed E-state index contributed by atoms with van der Waals surface area (Å²) < 4.78 is 10.4. The number of furan rings is 1. The third-order valence-corrected chi connectivity index (χ3v) is 6.78. The molecule has 4 rings (SSSR count). The monoisotopic (exact) mass is 562 g/mol. The Balaban J connectivity index is 1.56. The first kappa shape index (κ1) is 29.2. The van der Waals surface area contributed by atoms with Gasteiger partial charge < -0.3 is 29.6 Å². The lowest BCUT2D eigenvalue weighted by Crippen LogP contribution is -2.76. The Morgan fingerprint density at radius 1 is 1.17 bits per heavy atom. The molecule has 2 fully saturated rings. The molecule has 0 unspecified atom stereocenters. The standard InChI is InChI=1S/C29H34N6O6/c1-3-15-33-21-26(36)34-24(13-8-14-30-29(39)41-16-4-2)27(37)32(19-23-12-9-17-40-23)20-25(34)35(33)28(38)31-18-22-10-6-5-7-11-22/h1,4-7,9-12,17,24-25H,2,8,13-16,18-21H2,(H,30,39)(H,31,38)/t24-,25-/m0/s1. The molecule has 12 heteroatoms. The Labute approximate surface area is 238 Å². The fraction of sp³-hybridized carbons (Fsp3) is 0.379. The van der Waals surface area contributed by atoms with E-state index in [1.807, 2.05) is 30.3 Å². The Morgan fingerprint density at radius 3 is 2.68 bits per heavy atom. The molecule has 0 saturated carbocycles. The largest absolute Gasteiger partial charge is 0.467 e. The van der Waals surface area contributed by atoms with E-state index in [0.717, 1.165) is 5.56 Å². The number of terminal acetylenes is 1. The van der Waals surface area contributed by atoms with Crippen LogP contribution in [0.5, 0.6) is 0 Å². The molecule has 0 spiro atoms. The topological polar surface area (TPSA) is 128 Å². The quantitative estimate of drug-likeness (QED) is 0.243. The van der Waals surface area contributed by atoms with Crippen molar-refractivity contribution in [1.29, 1.82) is 0 Å². The highest BCUT2D eigenvalue weighted by molar-refractivity contribution is 5.91. The van der Waals surface area contributed by atoms with Crippen molar-refractivity contribution in [2.24, 2.45) is 0 Å². The molecule has 1 aromatic heterocycles. The van der Waals surface area contributed by atoms with E-state index in [-0.39, 0.29) is 64.1 Å². The number of alkyl carbamates (subject to hydrolysis) is 1. The van der Waals surface area contributed by atoms with Crippen molar-refractivity contribution in [1.82, 2.24) is 30.5 Å². The van der Waals surface area contributed by atoms with Crippen molar-refractivity contribution in [3.63, 3.8) is 0 Å². The predicted molar refractivity (Wildman–Crippen MR) is 148 cm³/mol. The lowest BCUT2D eigenvalue weighted by Gasteiger charge is -2.54. The number of nitrogens with zero attached hydrogens (tertiary/aromatic N) is 4. The number of urea groups is 1. The zero-order chi connectivity index (χ0) is 29.2. The molecule has 0 radical (unpaired) electrons. The molecular weight excluding hydrogens is 528 g/mol. The number of hydrazine groups is 1. The molecular formula is C29H34N6O6. The van der Waals surface area contributed by atoms with Crippen molar-refractivity contribution >= 4 is 23.9 Å². The first-order valence-corrected chi connectivity index (χ1v) is 13.4. The Bertz CT molecular complexity index is 1260. The Kier molecular flexibility index (Phi) is 10.0. The normalized spacial score (nSPS) is 18.9. The molecule has 12 nitrogen and oxygen atoms in total. The minimum absolute atomic E-state index is 0.0301. The maximum atomic E-state index is 13.7. The van der Waals surface area contributed by atoms with Gasteiger partial charge in [-0.3, -0.25) is 9.59 Å². The zero-order valence-corrected chi connectivity index (χ0v) is 22.7. The maximum absolute atomic E-state index is 13.7. The highest BCUT2D eigenvalue weighted by atomic mass is 16.5. The van der Waals surface area contributed by atoms with Crippen LogP contribution < -0.4 is 10.6 Å². The van der Waals surface area contributed by atoms with E-state index in [1.165, 1.54) is 27.3 Å². The van der Waals surface area contributed by atoms with Crippen LogP contribution in [-0.4, -0.2) is 88.7 Å². The van der Waals surface area contributed by atoms with E-state index < -0.39 is 24.3 Å². The molecule has 1 aromatic carbocycles. The molecule has 2 atom stereocenters. The number of amides is 5. The SMILES string of the molecule is C#CCN1CC(=O)N2[C@@H](CCCNC(=O)OCC=C)C(=O)N(Cc3ccco3)C[C@@H]2N1C(=O)NCc1ccccc1. The van der Waals surface area contributed by atoms with Crippen molar-refractivity contribution in [2.45, 2.75) is 38.1 Å². The third-order valence-electron chi connectivity index (χ3n) is 6.78. The summed E-state index contributed by atoms with van der Waals surface area (Å²) in [5, 5.41) is 8.52. The van der Waals surface area contributed by atoms with Crippen molar-refractivity contribution in [2.75, 3.05) is 32.8 Å². The summed E-state index contributed by atoms with van der Waals surface area (Å²) in [6, 6.07) is 11.6. The molecule has 0 bridgehead atoms. The van der Waals surface area contributed by atoms with Crippen molar-refractivity contribution < 1.29 is 28.3 Å². The lowest BCUT2D eigenvalue weighted by molar-refractivity contribution is -0.190. The smallest absolute Gasteiger partial charge is 0.407 e. The highest BCUT2D eigenvalue weighted by Gasteiger charge is 2.51. The zero-order valence-electron chi connectivity index (χ0n) is 22.7. The van der Waals surface area contributed by atoms with Crippen LogP contribution in [0.15, 0.2) is 65.8 Å². The van der Waals surface area contributed by atoms with Gasteiger partial charge in [0.05, 0.1) is 32.4 Å². The minimum Gasteiger partial charge on any atom is -0.467 e. The minimum atomic E-state index is -0.861. The van der Waals surface area contributed by atoms with E-state index in [2.05, 4.69) is 23.1 Å². The number of carbonyl (C=O) groups excluding carboxylic acids is 4. The second-order valence-electron chi connectivity index (χ2n) is 9.57. The average Bonchev–Trinajstić information content (AvgIpc) is 3.48. The van der Waals surface area contributed by atoms with Crippen LogP contribution in [0.3, 0.4) is 0 Å². The van der Waals surface area contributed by atoms with Gasteiger partial charge >= 0.3 is 12.1 Å². The van der Waals surface area contributed by atoms with Crippen LogP contribution >= 0.6 is 0 Å². The summed E-state index contributed by atoms with van der Waals surface area (Å²) in [6.07, 6.45) is 7.82. The molecule has 2 N–H and O–H groups in total. The molecule has 2 saturated heterocycles.